The van der Waals surface area contributed by atoms with Crippen molar-refractivity contribution in [2.24, 2.45) is 11.8 Å². The van der Waals surface area contributed by atoms with Gasteiger partial charge in [0.25, 0.3) is 0 Å². The first-order chi connectivity index (χ1) is 6.35. The Morgan fingerprint density at radius 3 is 2.29 bits per heavy atom. The lowest BCUT2D eigenvalue weighted by molar-refractivity contribution is 0.457. The first kappa shape index (κ1) is 14.4. The summed E-state index contributed by atoms with van der Waals surface area (Å²) in [5, 5.41) is 0. The van der Waals surface area contributed by atoms with E-state index >= 15 is 0 Å². The number of allylic oxidation sites excluding steroid dienone is 2. The molecule has 86 valence electrons. The third-order valence-corrected chi connectivity index (χ3v) is 4.06. The lowest BCUT2D eigenvalue weighted by atomic mass is 9.95. The highest BCUT2D eigenvalue weighted by Gasteiger charge is 2.11. The molecule has 0 amide bonds. The maximum absolute atomic E-state index is 6.24. The third-order valence-electron chi connectivity index (χ3n) is 2.39. The minimum atomic E-state index is -0.813. The predicted molar refractivity (Wildman–Crippen MR) is 72.5 cm³/mol. The van der Waals surface area contributed by atoms with E-state index < -0.39 is 9.24 Å². The summed E-state index contributed by atoms with van der Waals surface area (Å²) in [4.78, 5) is 0. The van der Waals surface area contributed by atoms with Gasteiger partial charge in [-0.2, -0.15) is 9.24 Å². The molecule has 0 saturated heterocycles. The van der Waals surface area contributed by atoms with Gasteiger partial charge < -0.3 is 0 Å². The zero-order chi connectivity index (χ0) is 11.2. The molecule has 2 heteroatoms. The third kappa shape index (κ3) is 8.96. The fraction of sp³-hybridized carbons (Fsp3) is 0.833. The van der Waals surface area contributed by atoms with Crippen LogP contribution in [0.2, 0.25) is 0 Å². The van der Waals surface area contributed by atoms with Crippen LogP contribution in [0.4, 0.5) is 0 Å². The SMILES string of the molecule is C/C=C/C(C)CC(C)CCS(C)(C)Cl. The van der Waals surface area contributed by atoms with Crippen LogP contribution in [0.5, 0.6) is 0 Å². The molecule has 0 rings (SSSR count). The van der Waals surface area contributed by atoms with Gasteiger partial charge in [-0.15, -0.1) is 0 Å². The molecule has 0 aromatic carbocycles. The Balaban J connectivity index is 3.70. The first-order valence-corrected chi connectivity index (χ1v) is 8.83. The molecule has 0 spiro atoms. The number of hydrogen-bond donors (Lipinski definition) is 0. The van der Waals surface area contributed by atoms with E-state index in [1.165, 1.54) is 18.6 Å². The van der Waals surface area contributed by atoms with Gasteiger partial charge in [0.05, 0.1) is 0 Å². The van der Waals surface area contributed by atoms with Crippen LogP contribution in [0.3, 0.4) is 0 Å². The zero-order valence-corrected chi connectivity index (χ0v) is 11.8. The normalized spacial score (nSPS) is 18.4. The van der Waals surface area contributed by atoms with Crippen LogP contribution in [0.1, 0.15) is 33.6 Å². The zero-order valence-electron chi connectivity index (χ0n) is 10.2. The van der Waals surface area contributed by atoms with Crippen molar-refractivity contribution in [1.29, 1.82) is 0 Å². The largest absolute Gasteiger partial charge is 0.169 e. The van der Waals surface area contributed by atoms with Crippen molar-refractivity contribution in [3.05, 3.63) is 12.2 Å². The average molecular weight is 237 g/mol. The van der Waals surface area contributed by atoms with Gasteiger partial charge in [-0.05, 0) is 49.9 Å². The molecule has 0 aromatic heterocycles. The summed E-state index contributed by atoms with van der Waals surface area (Å²) in [7, 11) is 5.43. The fourth-order valence-electron chi connectivity index (χ4n) is 1.64. The van der Waals surface area contributed by atoms with E-state index in [9.17, 15) is 0 Å². The summed E-state index contributed by atoms with van der Waals surface area (Å²) in [6.45, 7) is 6.71. The monoisotopic (exact) mass is 236 g/mol. The Hall–Kier alpha value is 0.380. The summed E-state index contributed by atoms with van der Waals surface area (Å²) >= 11 is 0. The Morgan fingerprint density at radius 1 is 1.29 bits per heavy atom. The maximum Gasteiger partial charge on any atom is -0.0103 e. The maximum atomic E-state index is 6.24. The molecule has 0 heterocycles. The van der Waals surface area contributed by atoms with Crippen molar-refractivity contribution in [3.8, 4) is 0 Å². The molecule has 0 N–H and O–H groups in total. The molecule has 0 radical (unpaired) electrons. The molecule has 0 aliphatic heterocycles. The minimum absolute atomic E-state index is 0.712. The Labute approximate surface area is 95.9 Å². The van der Waals surface area contributed by atoms with Crippen LogP contribution in [-0.2, 0) is 0 Å². The van der Waals surface area contributed by atoms with E-state index in [0.717, 1.165) is 5.92 Å². The van der Waals surface area contributed by atoms with Crippen LogP contribution in [-0.4, -0.2) is 18.3 Å². The van der Waals surface area contributed by atoms with Gasteiger partial charge in [-0.3, -0.25) is 0 Å². The molecule has 0 aliphatic rings. The molecule has 0 fully saturated rings. The van der Waals surface area contributed by atoms with E-state index in [1.54, 1.807) is 0 Å². The number of rotatable bonds is 6. The van der Waals surface area contributed by atoms with E-state index in [4.69, 9.17) is 10.7 Å². The quantitative estimate of drug-likeness (QED) is 0.580. The second-order valence-corrected chi connectivity index (χ2v) is 10.5. The molecule has 2 unspecified atom stereocenters. The van der Waals surface area contributed by atoms with Crippen LogP contribution in [0.25, 0.3) is 0 Å². The Morgan fingerprint density at radius 2 is 1.86 bits per heavy atom. The highest BCUT2D eigenvalue weighted by molar-refractivity contribution is 8.50. The highest BCUT2D eigenvalue weighted by Crippen LogP contribution is 2.46. The lowest BCUT2D eigenvalue weighted by Gasteiger charge is -2.24. The van der Waals surface area contributed by atoms with Crippen molar-refractivity contribution in [2.75, 3.05) is 18.3 Å². The topological polar surface area (TPSA) is 0 Å². The van der Waals surface area contributed by atoms with Gasteiger partial charge in [0, 0.05) is 0 Å². The molecule has 0 saturated carbocycles. The van der Waals surface area contributed by atoms with Crippen molar-refractivity contribution in [1.82, 2.24) is 0 Å². The van der Waals surface area contributed by atoms with E-state index in [1.807, 2.05) is 0 Å². The molecule has 0 bridgehead atoms. The Bertz CT molecular complexity index is 170. The van der Waals surface area contributed by atoms with Gasteiger partial charge in [-0.1, -0.05) is 36.7 Å². The van der Waals surface area contributed by atoms with E-state index in [0.29, 0.717) is 5.92 Å². The van der Waals surface area contributed by atoms with Crippen molar-refractivity contribution < 1.29 is 0 Å². The molecular weight excluding hydrogens is 212 g/mol. The van der Waals surface area contributed by atoms with E-state index in [-0.39, 0.29) is 0 Å². The van der Waals surface area contributed by atoms with Crippen LogP contribution in [0, 0.1) is 11.8 Å². The summed E-state index contributed by atoms with van der Waals surface area (Å²) in [6, 6.07) is 0. The average Bonchev–Trinajstić information content (AvgIpc) is 2.00. The van der Waals surface area contributed by atoms with Crippen LogP contribution in [0.15, 0.2) is 12.2 Å². The summed E-state index contributed by atoms with van der Waals surface area (Å²) < 4.78 is 0. The molecule has 2 atom stereocenters. The van der Waals surface area contributed by atoms with Crippen molar-refractivity contribution >= 4 is 19.9 Å². The van der Waals surface area contributed by atoms with Gasteiger partial charge >= 0.3 is 0 Å². The van der Waals surface area contributed by atoms with Crippen molar-refractivity contribution in [2.45, 2.75) is 33.6 Å². The first-order valence-electron chi connectivity index (χ1n) is 5.38. The van der Waals surface area contributed by atoms with Gasteiger partial charge in [0.2, 0.25) is 0 Å². The number of hydrogen-bond acceptors (Lipinski definition) is 0. The molecule has 0 aromatic rings. The second-order valence-electron chi connectivity index (χ2n) is 4.74. The molecule has 0 aliphatic carbocycles. The van der Waals surface area contributed by atoms with Crippen LogP contribution < -0.4 is 0 Å². The smallest absolute Gasteiger partial charge is 0.0103 e. The van der Waals surface area contributed by atoms with Gasteiger partial charge in [-0.25, -0.2) is 0 Å². The van der Waals surface area contributed by atoms with E-state index in [2.05, 4.69) is 45.4 Å². The minimum Gasteiger partial charge on any atom is -0.169 e. The molecule has 0 nitrogen and oxygen atoms in total. The molecular formula is C12H25ClS. The predicted octanol–water partition coefficient (Wildman–Crippen LogP) is 4.83. The number of halogens is 1. The molecule has 14 heavy (non-hydrogen) atoms. The Kier molecular flexibility index (Phi) is 6.97. The lowest BCUT2D eigenvalue weighted by Crippen LogP contribution is -2.05. The second kappa shape index (κ2) is 6.79. The van der Waals surface area contributed by atoms with Gasteiger partial charge in [0.15, 0.2) is 0 Å². The van der Waals surface area contributed by atoms with Crippen LogP contribution >= 0.6 is 19.9 Å². The fourth-order valence-corrected chi connectivity index (χ4v) is 2.87. The standard InChI is InChI=1S/C12H25ClS/c1-6-7-11(2)10-12(3)8-9-14(4,5)13/h6-7,11-12H,8-10H2,1-5H3/b7-6+. The summed E-state index contributed by atoms with van der Waals surface area (Å²) in [6.07, 6.45) is 11.3. The summed E-state index contributed by atoms with van der Waals surface area (Å²) in [5.41, 5.74) is 0. The van der Waals surface area contributed by atoms with Gasteiger partial charge in [0.1, 0.15) is 0 Å². The highest BCUT2D eigenvalue weighted by atomic mass is 35.7. The summed E-state index contributed by atoms with van der Waals surface area (Å²) in [5.74, 6) is 2.70. The van der Waals surface area contributed by atoms with Crippen molar-refractivity contribution in [3.63, 3.8) is 0 Å².